The smallest absolute Gasteiger partial charge is 0.166 e. The van der Waals surface area contributed by atoms with Crippen LogP contribution in [0.2, 0.25) is 0 Å². The first-order valence-corrected chi connectivity index (χ1v) is 9.89. The van der Waals surface area contributed by atoms with Gasteiger partial charge in [0.1, 0.15) is 17.3 Å². The molecule has 0 aliphatic rings. The summed E-state index contributed by atoms with van der Waals surface area (Å²) in [6.45, 7) is 5.22. The van der Waals surface area contributed by atoms with E-state index in [2.05, 4.69) is 24.3 Å². The van der Waals surface area contributed by atoms with Crippen LogP contribution in [0, 0.1) is 5.82 Å². The predicted molar refractivity (Wildman–Crippen MR) is 104 cm³/mol. The van der Waals surface area contributed by atoms with Crippen LogP contribution in [0.15, 0.2) is 87.5 Å². The van der Waals surface area contributed by atoms with Gasteiger partial charge < -0.3 is 9.47 Å². The Morgan fingerprint density at radius 2 is 0.962 bits per heavy atom. The summed E-state index contributed by atoms with van der Waals surface area (Å²) in [5.41, 5.74) is 0. The van der Waals surface area contributed by atoms with Crippen LogP contribution in [0.4, 0.5) is 4.39 Å². The molecule has 0 spiro atoms. The maximum atomic E-state index is 13.4. The molecule has 2 nitrogen and oxygen atoms in total. The molecule has 134 valence electrons. The molecule has 26 heavy (non-hydrogen) atoms. The summed E-state index contributed by atoms with van der Waals surface area (Å²) in [5.74, 6) is 1.48. The van der Waals surface area contributed by atoms with E-state index in [0.717, 1.165) is 26.2 Å². The Balaban J connectivity index is 1.99. The Bertz CT molecular complexity index is 765. The summed E-state index contributed by atoms with van der Waals surface area (Å²) in [6, 6.07) is 23.0. The number of hydrogen-bond donors (Lipinski definition) is 0. The average Bonchev–Trinajstić information content (AvgIpc) is 2.67. The van der Waals surface area contributed by atoms with Crippen LogP contribution < -0.4 is 9.47 Å². The second-order valence-corrected chi connectivity index (χ2v) is 7.60. The summed E-state index contributed by atoms with van der Waals surface area (Å²) in [4.78, 5) is 3.38. The first-order chi connectivity index (χ1) is 12.7. The summed E-state index contributed by atoms with van der Waals surface area (Å²) in [5, 5.41) is 0. The monoisotopic (exact) mass is 369 g/mol. The van der Waals surface area contributed by atoms with Crippen LogP contribution in [0.3, 0.4) is 0 Å². The maximum Gasteiger partial charge on any atom is 0.166 e. The van der Waals surface area contributed by atoms with E-state index >= 15 is 0 Å². The van der Waals surface area contributed by atoms with Gasteiger partial charge in [0.25, 0.3) is 0 Å². The van der Waals surface area contributed by atoms with Crippen molar-refractivity contribution in [3.05, 3.63) is 78.6 Å². The highest BCUT2D eigenvalue weighted by Gasteiger charge is 2.28. The second-order valence-electron chi connectivity index (χ2n) is 5.57. The fourth-order valence-electron chi connectivity index (χ4n) is 2.66. The Morgan fingerprint density at radius 3 is 1.31 bits per heavy atom. The number of ether oxygens (including phenoxy) is 2. The van der Waals surface area contributed by atoms with Crippen LogP contribution in [0.25, 0.3) is 0 Å². The Labute approximate surface area is 156 Å². The van der Waals surface area contributed by atoms with Crippen molar-refractivity contribution >= 4 is 10.9 Å². The fraction of sp³-hybridized carbons (Fsp3) is 0.182. The van der Waals surface area contributed by atoms with E-state index in [9.17, 15) is 4.39 Å². The van der Waals surface area contributed by atoms with Crippen molar-refractivity contribution in [3.63, 3.8) is 0 Å². The van der Waals surface area contributed by atoms with Gasteiger partial charge in [-0.05, 0) is 86.6 Å². The highest BCUT2D eigenvalue weighted by molar-refractivity contribution is 7.97. The van der Waals surface area contributed by atoms with E-state index in [-0.39, 0.29) is 16.7 Å². The molecule has 0 heterocycles. The summed E-state index contributed by atoms with van der Waals surface area (Å²) >= 11 is 0. The van der Waals surface area contributed by atoms with Crippen LogP contribution in [0.5, 0.6) is 11.5 Å². The maximum absolute atomic E-state index is 13.4. The Morgan fingerprint density at radius 1 is 0.615 bits per heavy atom. The van der Waals surface area contributed by atoms with Crippen molar-refractivity contribution in [1.82, 2.24) is 0 Å². The number of hydrogen-bond acceptors (Lipinski definition) is 2. The summed E-state index contributed by atoms with van der Waals surface area (Å²) in [6.07, 6.45) is 0. The third-order valence-corrected chi connectivity index (χ3v) is 6.02. The first-order valence-electron chi connectivity index (χ1n) is 8.67. The molecule has 4 heteroatoms. The lowest BCUT2D eigenvalue weighted by Gasteiger charge is -2.10. The molecule has 3 aromatic rings. The highest BCUT2D eigenvalue weighted by atomic mass is 32.2. The van der Waals surface area contributed by atoms with Gasteiger partial charge in [0.05, 0.1) is 24.1 Å². The van der Waals surface area contributed by atoms with Crippen molar-refractivity contribution in [2.24, 2.45) is 0 Å². The minimum Gasteiger partial charge on any atom is -0.494 e. The standard InChI is InChI=1S/C22H22FO2S/c1-3-24-18-7-13-21(14-8-18)26(20-11-5-17(23)6-12-20)22-15-9-19(10-16-22)25-4-2/h5-16H,3-4H2,1-2H3/q+1. The Kier molecular flexibility index (Phi) is 6.18. The first kappa shape index (κ1) is 18.3. The number of halogens is 1. The lowest BCUT2D eigenvalue weighted by molar-refractivity contribution is 0.340. The second kappa shape index (κ2) is 8.77. The van der Waals surface area contributed by atoms with Crippen LogP contribution in [-0.2, 0) is 10.9 Å². The van der Waals surface area contributed by atoms with Gasteiger partial charge in [-0.25, -0.2) is 4.39 Å². The van der Waals surface area contributed by atoms with E-state index in [1.807, 2.05) is 50.2 Å². The van der Waals surface area contributed by atoms with E-state index in [1.165, 1.54) is 12.1 Å². The minimum atomic E-state index is -0.325. The van der Waals surface area contributed by atoms with Gasteiger partial charge in [-0.1, -0.05) is 0 Å². The molecule has 0 aliphatic heterocycles. The zero-order chi connectivity index (χ0) is 18.4. The van der Waals surface area contributed by atoms with Crippen molar-refractivity contribution in [2.75, 3.05) is 13.2 Å². The number of benzene rings is 3. The van der Waals surface area contributed by atoms with Gasteiger partial charge in [-0.2, -0.15) is 0 Å². The molecule has 0 radical (unpaired) electrons. The van der Waals surface area contributed by atoms with Crippen LogP contribution in [-0.4, -0.2) is 13.2 Å². The van der Waals surface area contributed by atoms with Crippen molar-refractivity contribution in [1.29, 1.82) is 0 Å². The van der Waals surface area contributed by atoms with Crippen molar-refractivity contribution in [2.45, 2.75) is 28.5 Å². The average molecular weight is 369 g/mol. The molecular formula is C22H22FO2S+. The van der Waals surface area contributed by atoms with E-state index in [1.54, 1.807) is 0 Å². The van der Waals surface area contributed by atoms with E-state index in [0.29, 0.717) is 13.2 Å². The lowest BCUT2D eigenvalue weighted by Crippen LogP contribution is -2.05. The molecule has 0 bridgehead atoms. The van der Waals surface area contributed by atoms with Gasteiger partial charge in [0.2, 0.25) is 0 Å². The lowest BCUT2D eigenvalue weighted by atomic mass is 10.3. The molecule has 0 fully saturated rings. The zero-order valence-electron chi connectivity index (χ0n) is 14.9. The van der Waals surface area contributed by atoms with E-state index in [4.69, 9.17) is 9.47 Å². The third kappa shape index (κ3) is 4.38. The van der Waals surface area contributed by atoms with Gasteiger partial charge in [-0.15, -0.1) is 0 Å². The van der Waals surface area contributed by atoms with Gasteiger partial charge >= 0.3 is 0 Å². The molecule has 0 saturated carbocycles. The van der Waals surface area contributed by atoms with E-state index < -0.39 is 0 Å². The van der Waals surface area contributed by atoms with Crippen LogP contribution in [0.1, 0.15) is 13.8 Å². The van der Waals surface area contributed by atoms with Gasteiger partial charge in [-0.3, -0.25) is 0 Å². The molecule has 0 atom stereocenters. The molecule has 0 saturated heterocycles. The fourth-order valence-corrected chi connectivity index (χ4v) is 4.70. The van der Waals surface area contributed by atoms with Crippen LogP contribution >= 0.6 is 0 Å². The molecule has 0 aliphatic carbocycles. The molecule has 0 unspecified atom stereocenters. The Hall–Kier alpha value is -2.46. The molecule has 3 rings (SSSR count). The highest BCUT2D eigenvalue weighted by Crippen LogP contribution is 2.33. The summed E-state index contributed by atoms with van der Waals surface area (Å²) < 4.78 is 24.5. The molecular weight excluding hydrogens is 347 g/mol. The minimum absolute atomic E-state index is 0.226. The van der Waals surface area contributed by atoms with Gasteiger partial charge in [0, 0.05) is 0 Å². The molecule has 0 amide bonds. The quantitative estimate of drug-likeness (QED) is 0.496. The number of rotatable bonds is 7. The molecule has 0 aromatic heterocycles. The molecule has 0 N–H and O–H groups in total. The SMILES string of the molecule is CCOc1ccc([S+](c2ccc(F)cc2)c2ccc(OCC)cc2)cc1. The predicted octanol–water partition coefficient (Wildman–Crippen LogP) is 5.72. The largest absolute Gasteiger partial charge is 0.494 e. The normalized spacial score (nSPS) is 10.8. The van der Waals surface area contributed by atoms with Gasteiger partial charge in [0.15, 0.2) is 14.7 Å². The molecule has 3 aromatic carbocycles. The topological polar surface area (TPSA) is 18.5 Å². The van der Waals surface area contributed by atoms with Crippen molar-refractivity contribution < 1.29 is 13.9 Å². The summed E-state index contributed by atoms with van der Waals surface area (Å²) in [7, 11) is -0.325. The third-order valence-electron chi connectivity index (χ3n) is 3.79. The zero-order valence-corrected chi connectivity index (χ0v) is 15.8. The van der Waals surface area contributed by atoms with Crippen molar-refractivity contribution in [3.8, 4) is 11.5 Å².